The number of nitrogens with one attached hydrogen (secondary N) is 1. The van der Waals surface area contributed by atoms with Crippen LogP contribution in [0.3, 0.4) is 0 Å². The Labute approximate surface area is 176 Å². The van der Waals surface area contributed by atoms with Crippen LogP contribution in [0.25, 0.3) is 0 Å². The number of carbonyl (C=O) groups is 3. The Bertz CT molecular complexity index is 888. The Hall–Kier alpha value is -3.03. The van der Waals surface area contributed by atoms with Gasteiger partial charge in [0.15, 0.2) is 0 Å². The van der Waals surface area contributed by atoms with E-state index in [1.807, 2.05) is 33.8 Å². The van der Waals surface area contributed by atoms with Crippen LogP contribution in [0, 0.1) is 12.8 Å². The second-order valence-corrected chi connectivity index (χ2v) is 7.86. The topological polar surface area (TPSA) is 128 Å². The molecule has 0 bridgehead atoms. The number of primary amides is 1. The van der Waals surface area contributed by atoms with Crippen molar-refractivity contribution in [1.82, 2.24) is 5.32 Å². The normalized spacial score (nSPS) is 14.3. The number of carbonyl (C=O) groups excluding carboxylic acids is 3. The maximum Gasteiger partial charge on any atom is 0.342 e. The van der Waals surface area contributed by atoms with Crippen LogP contribution in [-0.2, 0) is 27.4 Å². The van der Waals surface area contributed by atoms with Crippen molar-refractivity contribution < 1.29 is 29.0 Å². The van der Waals surface area contributed by atoms with Crippen LogP contribution in [0.5, 0.6) is 11.5 Å². The zero-order valence-corrected chi connectivity index (χ0v) is 18.1. The molecule has 4 N–H and O–H groups in total. The molecule has 2 rings (SSSR count). The molecule has 1 aromatic rings. The largest absolute Gasteiger partial charge is 0.507 e. The van der Waals surface area contributed by atoms with E-state index in [1.54, 1.807) is 0 Å². The summed E-state index contributed by atoms with van der Waals surface area (Å²) in [6, 6.07) is -0.697. The molecule has 0 fully saturated rings. The number of allylic oxidation sites excluding steroid dienone is 2. The molecule has 0 spiro atoms. The van der Waals surface area contributed by atoms with Crippen molar-refractivity contribution in [2.24, 2.45) is 11.7 Å². The molecule has 30 heavy (non-hydrogen) atoms. The number of phenolic OH excluding ortho intramolecular Hbond substituents is 1. The molecule has 1 atom stereocenters. The first-order chi connectivity index (χ1) is 14.1. The van der Waals surface area contributed by atoms with Gasteiger partial charge in [0.2, 0.25) is 11.8 Å². The van der Waals surface area contributed by atoms with Crippen molar-refractivity contribution in [2.45, 2.75) is 59.6 Å². The average Bonchev–Trinajstić information content (AvgIpc) is 3.07. The highest BCUT2D eigenvalue weighted by Crippen LogP contribution is 2.42. The number of hydrogen-bond donors (Lipinski definition) is 3. The van der Waals surface area contributed by atoms with E-state index in [2.05, 4.69) is 5.32 Å². The SMILES string of the molecule is COc1c(C)c2c(c(O)c1C/C=C(\C)CCC(=O)NC(C(N)=O)C(C)C)C(=O)OC2. The summed E-state index contributed by atoms with van der Waals surface area (Å²) in [5.74, 6) is -1.05. The molecular formula is C22H30N2O6. The van der Waals surface area contributed by atoms with Crippen molar-refractivity contribution in [2.75, 3.05) is 7.11 Å². The number of amides is 2. The Morgan fingerprint density at radius 2 is 2.00 bits per heavy atom. The number of phenols is 1. The first-order valence-corrected chi connectivity index (χ1v) is 9.91. The minimum atomic E-state index is -0.697. The van der Waals surface area contributed by atoms with Gasteiger partial charge in [-0.3, -0.25) is 9.59 Å². The van der Waals surface area contributed by atoms with Gasteiger partial charge in [0, 0.05) is 17.5 Å². The average molecular weight is 418 g/mol. The maximum absolute atomic E-state index is 12.1. The van der Waals surface area contributed by atoms with Crippen LogP contribution in [0.15, 0.2) is 11.6 Å². The van der Waals surface area contributed by atoms with E-state index in [-0.39, 0.29) is 36.2 Å². The Balaban J connectivity index is 2.10. The van der Waals surface area contributed by atoms with Crippen LogP contribution in [-0.4, -0.2) is 36.0 Å². The Morgan fingerprint density at radius 1 is 1.33 bits per heavy atom. The molecule has 1 aliphatic heterocycles. The lowest BCUT2D eigenvalue weighted by Gasteiger charge is -2.19. The molecule has 0 radical (unpaired) electrons. The number of methoxy groups -OCH3 is 1. The van der Waals surface area contributed by atoms with E-state index >= 15 is 0 Å². The van der Waals surface area contributed by atoms with Gasteiger partial charge in [-0.25, -0.2) is 4.79 Å². The molecule has 2 amide bonds. The van der Waals surface area contributed by atoms with Crippen LogP contribution < -0.4 is 15.8 Å². The van der Waals surface area contributed by atoms with Gasteiger partial charge in [0.05, 0.1) is 7.11 Å². The first-order valence-electron chi connectivity index (χ1n) is 9.91. The van der Waals surface area contributed by atoms with Crippen molar-refractivity contribution in [3.8, 4) is 11.5 Å². The fourth-order valence-corrected chi connectivity index (χ4v) is 3.53. The number of fused-ring (bicyclic) bond motifs is 1. The second kappa shape index (κ2) is 9.65. The van der Waals surface area contributed by atoms with Crippen molar-refractivity contribution in [1.29, 1.82) is 0 Å². The molecule has 0 saturated carbocycles. The predicted octanol–water partition coefficient (Wildman–Crippen LogP) is 2.27. The Kier molecular flexibility index (Phi) is 7.48. The molecule has 0 aliphatic carbocycles. The molecule has 8 nitrogen and oxygen atoms in total. The van der Waals surface area contributed by atoms with Crippen LogP contribution >= 0.6 is 0 Å². The number of ether oxygens (including phenoxy) is 2. The summed E-state index contributed by atoms with van der Waals surface area (Å²) in [5.41, 5.74) is 8.35. The third-order valence-corrected chi connectivity index (χ3v) is 5.34. The number of nitrogens with two attached hydrogens (primary N) is 1. The molecule has 0 saturated heterocycles. The monoisotopic (exact) mass is 418 g/mol. The first kappa shape index (κ1) is 23.3. The van der Waals surface area contributed by atoms with Crippen LogP contribution in [0.2, 0.25) is 0 Å². The number of cyclic esters (lactones) is 1. The van der Waals surface area contributed by atoms with Gasteiger partial charge in [-0.05, 0) is 38.2 Å². The second-order valence-electron chi connectivity index (χ2n) is 7.86. The summed E-state index contributed by atoms with van der Waals surface area (Å²) < 4.78 is 10.5. The smallest absolute Gasteiger partial charge is 0.342 e. The summed E-state index contributed by atoms with van der Waals surface area (Å²) >= 11 is 0. The van der Waals surface area contributed by atoms with Gasteiger partial charge in [0.1, 0.15) is 29.7 Å². The zero-order valence-electron chi connectivity index (χ0n) is 18.1. The number of rotatable bonds is 9. The van der Waals surface area contributed by atoms with Crippen molar-refractivity contribution in [3.63, 3.8) is 0 Å². The predicted molar refractivity (Wildman–Crippen MR) is 111 cm³/mol. The standard InChI is InChI=1S/C22H30N2O6/c1-11(2)18(21(23)27)24-16(25)9-7-12(3)6-8-14-19(26)17-15(10-30-22(17)28)13(4)20(14)29-5/h6,11,18,26H,7-10H2,1-5H3,(H2,23,27)(H,24,25)/b12-6+. The molecule has 8 heteroatoms. The summed E-state index contributed by atoms with van der Waals surface area (Å²) in [5, 5.41) is 13.3. The van der Waals surface area contributed by atoms with Gasteiger partial charge in [-0.1, -0.05) is 25.5 Å². The van der Waals surface area contributed by atoms with Crippen LogP contribution in [0.1, 0.15) is 60.7 Å². The molecule has 1 unspecified atom stereocenters. The zero-order chi connectivity index (χ0) is 22.6. The fourth-order valence-electron chi connectivity index (χ4n) is 3.53. The van der Waals surface area contributed by atoms with Gasteiger partial charge in [0.25, 0.3) is 0 Å². The van der Waals surface area contributed by atoms with Crippen LogP contribution in [0.4, 0.5) is 0 Å². The lowest BCUT2D eigenvalue weighted by atomic mass is 9.94. The van der Waals surface area contributed by atoms with E-state index in [4.69, 9.17) is 15.2 Å². The minimum Gasteiger partial charge on any atom is -0.507 e. The van der Waals surface area contributed by atoms with Gasteiger partial charge >= 0.3 is 5.97 Å². The third kappa shape index (κ3) is 4.93. The highest BCUT2D eigenvalue weighted by Gasteiger charge is 2.31. The third-order valence-electron chi connectivity index (χ3n) is 5.34. The molecule has 164 valence electrons. The van der Waals surface area contributed by atoms with Crippen molar-refractivity contribution >= 4 is 17.8 Å². The fraction of sp³-hybridized carbons (Fsp3) is 0.500. The maximum atomic E-state index is 12.1. The lowest BCUT2D eigenvalue weighted by Crippen LogP contribution is -2.47. The lowest BCUT2D eigenvalue weighted by molar-refractivity contribution is -0.128. The van der Waals surface area contributed by atoms with E-state index in [9.17, 15) is 19.5 Å². The summed E-state index contributed by atoms with van der Waals surface area (Å²) in [7, 11) is 1.51. The molecule has 0 aromatic heterocycles. The van der Waals surface area contributed by atoms with Crippen molar-refractivity contribution in [3.05, 3.63) is 33.9 Å². The summed E-state index contributed by atoms with van der Waals surface area (Å²) in [4.78, 5) is 35.5. The quantitative estimate of drug-likeness (QED) is 0.417. The molecular weight excluding hydrogens is 388 g/mol. The summed E-state index contributed by atoms with van der Waals surface area (Å²) in [6.07, 6.45) is 2.90. The van der Waals surface area contributed by atoms with E-state index in [0.29, 0.717) is 29.7 Å². The minimum absolute atomic E-state index is 0.0896. The highest BCUT2D eigenvalue weighted by atomic mass is 16.5. The number of hydrogen-bond acceptors (Lipinski definition) is 6. The van der Waals surface area contributed by atoms with Gasteiger partial charge < -0.3 is 25.6 Å². The van der Waals surface area contributed by atoms with Gasteiger partial charge in [-0.2, -0.15) is 0 Å². The Morgan fingerprint density at radius 3 is 2.57 bits per heavy atom. The van der Waals surface area contributed by atoms with E-state index in [0.717, 1.165) is 11.1 Å². The highest BCUT2D eigenvalue weighted by molar-refractivity contribution is 5.98. The molecule has 1 aromatic carbocycles. The van der Waals surface area contributed by atoms with E-state index < -0.39 is 17.9 Å². The van der Waals surface area contributed by atoms with Gasteiger partial charge in [-0.15, -0.1) is 0 Å². The number of benzene rings is 1. The molecule has 1 aliphatic rings. The number of esters is 1. The summed E-state index contributed by atoms with van der Waals surface area (Å²) in [6.45, 7) is 7.45. The molecule has 1 heterocycles. The number of aromatic hydroxyl groups is 1. The van der Waals surface area contributed by atoms with E-state index in [1.165, 1.54) is 7.11 Å².